The summed E-state index contributed by atoms with van der Waals surface area (Å²) in [6.45, 7) is 4.40. The summed E-state index contributed by atoms with van der Waals surface area (Å²) in [5.74, 6) is 1.63. The molecule has 1 aliphatic rings. The molecule has 10 heteroatoms. The lowest BCUT2D eigenvalue weighted by Crippen LogP contribution is -2.49. The van der Waals surface area contributed by atoms with Gasteiger partial charge in [0.15, 0.2) is 5.43 Å². The van der Waals surface area contributed by atoms with Crippen LogP contribution in [0.25, 0.3) is 22.3 Å². The fourth-order valence-corrected chi connectivity index (χ4v) is 4.64. The average Bonchev–Trinajstić information content (AvgIpc) is 2.92. The van der Waals surface area contributed by atoms with Gasteiger partial charge in [0.25, 0.3) is 5.56 Å². The van der Waals surface area contributed by atoms with Crippen LogP contribution in [0.15, 0.2) is 73.7 Å². The number of piperazine rings is 1. The Labute approximate surface area is 213 Å². The number of hydrogen-bond donors (Lipinski definition) is 0. The fraction of sp³-hybridized carbons (Fsp3) is 0.333. The number of aromatic nitrogens is 3. The molecule has 1 aromatic carbocycles. The molecule has 4 heterocycles. The van der Waals surface area contributed by atoms with Gasteiger partial charge < -0.3 is 14.1 Å². The second kappa shape index (κ2) is 10.4. The summed E-state index contributed by atoms with van der Waals surface area (Å²) in [6, 6.07) is 12.0. The number of pyridine rings is 1. The molecule has 0 atom stereocenters. The molecule has 0 radical (unpaired) electrons. The van der Waals surface area contributed by atoms with Crippen LogP contribution in [0.5, 0.6) is 5.75 Å². The lowest BCUT2D eigenvalue weighted by molar-refractivity contribution is 0.224. The SMILES string of the molecule is Cn1c(N2CCN(CCCOc3cccc4oc(-c5cccnc5)cc(=O)c34)CC2)cc(=O)n(C)c1=O. The van der Waals surface area contributed by atoms with Crippen LogP contribution in [0.3, 0.4) is 0 Å². The first kappa shape index (κ1) is 24.5. The van der Waals surface area contributed by atoms with Gasteiger partial charge in [0, 0.05) is 76.9 Å². The predicted octanol–water partition coefficient (Wildman–Crippen LogP) is 1.84. The number of rotatable bonds is 7. The van der Waals surface area contributed by atoms with E-state index >= 15 is 0 Å². The van der Waals surface area contributed by atoms with Crippen LogP contribution in [0, 0.1) is 0 Å². The van der Waals surface area contributed by atoms with Gasteiger partial charge in [-0.25, -0.2) is 4.79 Å². The van der Waals surface area contributed by atoms with Gasteiger partial charge in [0.2, 0.25) is 0 Å². The highest BCUT2D eigenvalue weighted by Gasteiger charge is 2.20. The number of anilines is 1. The zero-order chi connectivity index (χ0) is 25.9. The van der Waals surface area contributed by atoms with Crippen molar-refractivity contribution in [2.45, 2.75) is 6.42 Å². The maximum absolute atomic E-state index is 12.9. The number of benzene rings is 1. The highest BCUT2D eigenvalue weighted by molar-refractivity contribution is 5.84. The highest BCUT2D eigenvalue weighted by Crippen LogP contribution is 2.27. The first-order valence-electron chi connectivity index (χ1n) is 12.3. The van der Waals surface area contributed by atoms with Gasteiger partial charge in [-0.05, 0) is 30.7 Å². The third-order valence-corrected chi connectivity index (χ3v) is 6.74. The van der Waals surface area contributed by atoms with E-state index in [9.17, 15) is 14.4 Å². The van der Waals surface area contributed by atoms with Crippen molar-refractivity contribution in [2.24, 2.45) is 14.1 Å². The normalized spacial score (nSPS) is 14.3. The van der Waals surface area contributed by atoms with Crippen molar-refractivity contribution < 1.29 is 9.15 Å². The van der Waals surface area contributed by atoms with Gasteiger partial charge >= 0.3 is 5.69 Å². The van der Waals surface area contributed by atoms with Gasteiger partial charge in [0.1, 0.15) is 28.3 Å². The lowest BCUT2D eigenvalue weighted by atomic mass is 10.1. The summed E-state index contributed by atoms with van der Waals surface area (Å²) in [5, 5.41) is 0.434. The summed E-state index contributed by atoms with van der Waals surface area (Å²) >= 11 is 0. The molecule has 0 N–H and O–H groups in total. The van der Waals surface area contributed by atoms with Crippen molar-refractivity contribution in [1.29, 1.82) is 0 Å². The summed E-state index contributed by atoms with van der Waals surface area (Å²) < 4.78 is 14.6. The molecule has 0 unspecified atom stereocenters. The molecule has 0 amide bonds. The van der Waals surface area contributed by atoms with Crippen LogP contribution in [0.2, 0.25) is 0 Å². The molecule has 37 heavy (non-hydrogen) atoms. The van der Waals surface area contributed by atoms with E-state index in [2.05, 4.69) is 14.8 Å². The van der Waals surface area contributed by atoms with Gasteiger partial charge in [0.05, 0.1) is 6.61 Å². The summed E-state index contributed by atoms with van der Waals surface area (Å²) in [7, 11) is 3.17. The molecule has 0 aliphatic carbocycles. The molecule has 192 valence electrons. The first-order chi connectivity index (χ1) is 17.9. The van der Waals surface area contributed by atoms with Crippen molar-refractivity contribution in [2.75, 3.05) is 44.2 Å². The Morgan fingerprint density at radius 1 is 0.973 bits per heavy atom. The van der Waals surface area contributed by atoms with E-state index in [0.717, 1.165) is 49.3 Å². The molecule has 1 aliphatic heterocycles. The van der Waals surface area contributed by atoms with Crippen LogP contribution in [-0.4, -0.2) is 58.3 Å². The number of ether oxygens (including phenoxy) is 1. The Morgan fingerprint density at radius 3 is 2.54 bits per heavy atom. The molecular weight excluding hydrogens is 474 g/mol. The Morgan fingerprint density at radius 2 is 1.78 bits per heavy atom. The maximum Gasteiger partial charge on any atom is 0.332 e. The standard InChI is InChI=1S/C27H29N5O5/c1-29-24(17-25(34)30(2)27(29)35)32-13-11-31(12-14-32)10-5-15-36-21-7-3-8-22-26(21)20(33)16-23(37-22)19-6-4-9-28-18-19/h3-4,6-9,16-18H,5,10-15H2,1-2H3. The van der Waals surface area contributed by atoms with E-state index in [1.165, 1.54) is 23.7 Å². The molecule has 3 aromatic heterocycles. The molecular formula is C27H29N5O5. The molecule has 0 bridgehead atoms. The second-order valence-electron chi connectivity index (χ2n) is 9.12. The van der Waals surface area contributed by atoms with Crippen molar-refractivity contribution in [3.8, 4) is 17.1 Å². The molecule has 0 spiro atoms. The summed E-state index contributed by atoms with van der Waals surface area (Å²) in [5.41, 5.74) is 0.443. The van der Waals surface area contributed by atoms with E-state index in [1.54, 1.807) is 37.6 Å². The Hall–Kier alpha value is -4.18. The van der Waals surface area contributed by atoms with Crippen LogP contribution in [0.1, 0.15) is 6.42 Å². The smallest absolute Gasteiger partial charge is 0.332 e. The third kappa shape index (κ3) is 5.05. The monoisotopic (exact) mass is 503 g/mol. The number of fused-ring (bicyclic) bond motifs is 1. The van der Waals surface area contributed by atoms with Crippen LogP contribution >= 0.6 is 0 Å². The molecule has 1 fully saturated rings. The van der Waals surface area contributed by atoms with Crippen molar-refractivity contribution in [1.82, 2.24) is 19.0 Å². The van der Waals surface area contributed by atoms with E-state index in [0.29, 0.717) is 34.9 Å². The Balaban J connectivity index is 1.17. The summed E-state index contributed by atoms with van der Waals surface area (Å²) in [4.78, 5) is 45.7. The Kier molecular flexibility index (Phi) is 6.91. The van der Waals surface area contributed by atoms with Crippen molar-refractivity contribution >= 4 is 16.8 Å². The zero-order valence-corrected chi connectivity index (χ0v) is 20.9. The fourth-order valence-electron chi connectivity index (χ4n) is 4.64. The minimum absolute atomic E-state index is 0.156. The molecule has 5 rings (SSSR count). The van der Waals surface area contributed by atoms with E-state index in [-0.39, 0.29) is 16.7 Å². The molecule has 4 aromatic rings. The first-order valence-corrected chi connectivity index (χ1v) is 12.3. The third-order valence-electron chi connectivity index (χ3n) is 6.74. The average molecular weight is 504 g/mol. The van der Waals surface area contributed by atoms with Gasteiger partial charge in [-0.15, -0.1) is 0 Å². The van der Waals surface area contributed by atoms with Crippen LogP contribution in [-0.2, 0) is 14.1 Å². The molecule has 0 saturated carbocycles. The Bertz CT molecular complexity index is 1580. The van der Waals surface area contributed by atoms with E-state index in [1.807, 2.05) is 12.1 Å². The molecule has 1 saturated heterocycles. The van der Waals surface area contributed by atoms with Crippen molar-refractivity contribution in [3.05, 3.63) is 85.9 Å². The predicted molar refractivity (Wildman–Crippen MR) is 141 cm³/mol. The van der Waals surface area contributed by atoms with Crippen LogP contribution < -0.4 is 26.3 Å². The van der Waals surface area contributed by atoms with Gasteiger partial charge in [-0.1, -0.05) is 6.07 Å². The minimum Gasteiger partial charge on any atom is -0.493 e. The molecule has 10 nitrogen and oxygen atoms in total. The number of hydrogen-bond acceptors (Lipinski definition) is 8. The quantitative estimate of drug-likeness (QED) is 0.352. The van der Waals surface area contributed by atoms with Gasteiger partial charge in [-0.2, -0.15) is 0 Å². The second-order valence-corrected chi connectivity index (χ2v) is 9.12. The number of nitrogens with zero attached hydrogens (tertiary/aromatic N) is 5. The van der Waals surface area contributed by atoms with Crippen LogP contribution in [0.4, 0.5) is 5.82 Å². The van der Waals surface area contributed by atoms with E-state index in [4.69, 9.17) is 9.15 Å². The van der Waals surface area contributed by atoms with Crippen molar-refractivity contribution in [3.63, 3.8) is 0 Å². The lowest BCUT2D eigenvalue weighted by Gasteiger charge is -2.36. The topological polar surface area (TPSA) is 103 Å². The van der Waals surface area contributed by atoms with Gasteiger partial charge in [-0.3, -0.25) is 28.6 Å². The zero-order valence-electron chi connectivity index (χ0n) is 20.9. The largest absolute Gasteiger partial charge is 0.493 e. The highest BCUT2D eigenvalue weighted by atomic mass is 16.5. The summed E-state index contributed by atoms with van der Waals surface area (Å²) in [6.07, 6.45) is 4.12. The van der Waals surface area contributed by atoms with E-state index < -0.39 is 0 Å². The maximum atomic E-state index is 12.9. The minimum atomic E-state index is -0.321.